The normalized spacial score (nSPS) is 17.4. The highest BCUT2D eigenvalue weighted by molar-refractivity contribution is 8.00. The molecule has 1 amide bonds. The molecule has 0 aromatic heterocycles. The van der Waals surface area contributed by atoms with Crippen LogP contribution < -0.4 is 5.32 Å². The van der Waals surface area contributed by atoms with Crippen molar-refractivity contribution in [2.24, 2.45) is 0 Å². The highest BCUT2D eigenvalue weighted by atomic mass is 32.2. The van der Waals surface area contributed by atoms with Crippen LogP contribution in [0.1, 0.15) is 30.4 Å². The molecule has 1 aromatic carbocycles. The first-order valence-electron chi connectivity index (χ1n) is 6.83. The summed E-state index contributed by atoms with van der Waals surface area (Å²) in [6, 6.07) is 5.81. The van der Waals surface area contributed by atoms with E-state index in [2.05, 4.69) is 17.2 Å². The lowest BCUT2D eigenvalue weighted by atomic mass is 10.1. The van der Waals surface area contributed by atoms with Crippen LogP contribution in [-0.2, 0) is 4.79 Å². The summed E-state index contributed by atoms with van der Waals surface area (Å²) in [5.41, 5.74) is 2.73. The zero-order valence-electron chi connectivity index (χ0n) is 11.6. The molecule has 4 heteroatoms. The third kappa shape index (κ3) is 4.29. The standard InChI is InChI=1S/C16H19NO2S/c1-12-9-13(5-2-3-7-18)11-14(10-12)17-16(19)15-6-4-8-20-15/h9-11,15,18H,3-4,6-8H2,1H3,(H,17,19). The maximum absolute atomic E-state index is 12.1. The lowest BCUT2D eigenvalue weighted by Gasteiger charge is -2.11. The molecule has 1 fully saturated rings. The predicted molar refractivity (Wildman–Crippen MR) is 83.9 cm³/mol. The average Bonchev–Trinajstić information content (AvgIpc) is 2.92. The molecular weight excluding hydrogens is 270 g/mol. The molecule has 0 aliphatic carbocycles. The number of carbonyl (C=O) groups is 1. The Kier molecular flexibility index (Phi) is 5.51. The summed E-state index contributed by atoms with van der Waals surface area (Å²) in [5.74, 6) is 7.06. The Morgan fingerprint density at radius 2 is 2.35 bits per heavy atom. The van der Waals surface area contributed by atoms with E-state index in [1.165, 1.54) is 0 Å². The number of rotatable bonds is 3. The Morgan fingerprint density at radius 3 is 3.05 bits per heavy atom. The van der Waals surface area contributed by atoms with E-state index in [0.717, 1.165) is 35.4 Å². The number of benzene rings is 1. The first-order chi connectivity index (χ1) is 9.69. The molecule has 2 N–H and O–H groups in total. The average molecular weight is 289 g/mol. The first kappa shape index (κ1) is 15.0. The van der Waals surface area contributed by atoms with Gasteiger partial charge in [-0.25, -0.2) is 0 Å². The van der Waals surface area contributed by atoms with Crippen molar-refractivity contribution in [2.45, 2.75) is 31.4 Å². The third-order valence-electron chi connectivity index (χ3n) is 3.04. The van der Waals surface area contributed by atoms with Crippen molar-refractivity contribution in [3.8, 4) is 11.8 Å². The molecule has 1 aromatic rings. The first-order valence-corrected chi connectivity index (χ1v) is 7.88. The maximum Gasteiger partial charge on any atom is 0.237 e. The third-order valence-corrected chi connectivity index (χ3v) is 4.41. The molecule has 1 saturated heterocycles. The summed E-state index contributed by atoms with van der Waals surface area (Å²) in [5, 5.41) is 11.8. The molecule has 1 unspecified atom stereocenters. The van der Waals surface area contributed by atoms with E-state index in [1.807, 2.05) is 25.1 Å². The van der Waals surface area contributed by atoms with E-state index in [0.29, 0.717) is 6.42 Å². The van der Waals surface area contributed by atoms with E-state index in [4.69, 9.17) is 5.11 Å². The van der Waals surface area contributed by atoms with Crippen LogP contribution in [-0.4, -0.2) is 28.6 Å². The van der Waals surface area contributed by atoms with E-state index in [9.17, 15) is 4.79 Å². The van der Waals surface area contributed by atoms with Gasteiger partial charge in [0.15, 0.2) is 0 Å². The smallest absolute Gasteiger partial charge is 0.237 e. The minimum Gasteiger partial charge on any atom is -0.395 e. The molecule has 1 aliphatic heterocycles. The van der Waals surface area contributed by atoms with Gasteiger partial charge in [0.05, 0.1) is 11.9 Å². The molecule has 0 bridgehead atoms. The fourth-order valence-electron chi connectivity index (χ4n) is 2.16. The quantitative estimate of drug-likeness (QED) is 0.841. The Balaban J connectivity index is 2.07. The van der Waals surface area contributed by atoms with Crippen LogP contribution in [0.5, 0.6) is 0 Å². The van der Waals surface area contributed by atoms with Crippen molar-refractivity contribution >= 4 is 23.4 Å². The van der Waals surface area contributed by atoms with Crippen LogP contribution in [0, 0.1) is 18.8 Å². The molecule has 0 spiro atoms. The number of thioether (sulfide) groups is 1. The van der Waals surface area contributed by atoms with Gasteiger partial charge in [-0.3, -0.25) is 4.79 Å². The molecule has 1 aliphatic rings. The second-order valence-electron chi connectivity index (χ2n) is 4.85. The summed E-state index contributed by atoms with van der Waals surface area (Å²) < 4.78 is 0. The van der Waals surface area contributed by atoms with Crippen molar-refractivity contribution in [1.29, 1.82) is 0 Å². The van der Waals surface area contributed by atoms with Gasteiger partial charge in [-0.2, -0.15) is 0 Å². The van der Waals surface area contributed by atoms with E-state index < -0.39 is 0 Å². The summed E-state index contributed by atoms with van der Waals surface area (Å²) in [6.07, 6.45) is 2.55. The minimum atomic E-state index is 0.0707. The summed E-state index contributed by atoms with van der Waals surface area (Å²) in [7, 11) is 0. The number of hydrogen-bond donors (Lipinski definition) is 2. The number of hydrogen-bond acceptors (Lipinski definition) is 3. The lowest BCUT2D eigenvalue weighted by molar-refractivity contribution is -0.115. The van der Waals surface area contributed by atoms with E-state index in [-0.39, 0.29) is 17.8 Å². The highest BCUT2D eigenvalue weighted by Crippen LogP contribution is 2.27. The zero-order chi connectivity index (χ0) is 14.4. The van der Waals surface area contributed by atoms with Crippen LogP contribution >= 0.6 is 11.8 Å². The number of nitrogens with one attached hydrogen (secondary N) is 1. The molecule has 20 heavy (non-hydrogen) atoms. The number of aryl methyl sites for hydroxylation is 1. The Hall–Kier alpha value is -1.44. The maximum atomic E-state index is 12.1. The van der Waals surface area contributed by atoms with Gasteiger partial charge in [0.25, 0.3) is 0 Å². The molecule has 2 rings (SSSR count). The second-order valence-corrected chi connectivity index (χ2v) is 6.16. The topological polar surface area (TPSA) is 49.3 Å². The molecule has 0 radical (unpaired) electrons. The van der Waals surface area contributed by atoms with Crippen LogP contribution in [0.15, 0.2) is 18.2 Å². The summed E-state index contributed by atoms with van der Waals surface area (Å²) in [4.78, 5) is 12.1. The molecule has 3 nitrogen and oxygen atoms in total. The summed E-state index contributed by atoms with van der Waals surface area (Å²) >= 11 is 1.73. The number of amides is 1. The second kappa shape index (κ2) is 7.37. The van der Waals surface area contributed by atoms with Crippen molar-refractivity contribution in [3.63, 3.8) is 0 Å². The molecule has 1 heterocycles. The fourth-order valence-corrected chi connectivity index (χ4v) is 3.32. The van der Waals surface area contributed by atoms with Crippen LogP contribution in [0.3, 0.4) is 0 Å². The Bertz CT molecular complexity index is 539. The molecule has 106 valence electrons. The van der Waals surface area contributed by atoms with Crippen molar-refractivity contribution in [1.82, 2.24) is 0 Å². The Morgan fingerprint density at radius 1 is 1.50 bits per heavy atom. The molecule has 1 atom stereocenters. The number of aliphatic hydroxyl groups excluding tert-OH is 1. The Labute approximate surface area is 124 Å². The van der Waals surface area contributed by atoms with Crippen LogP contribution in [0.4, 0.5) is 5.69 Å². The van der Waals surface area contributed by atoms with Crippen LogP contribution in [0.25, 0.3) is 0 Å². The number of aliphatic hydroxyl groups is 1. The molecular formula is C16H19NO2S. The van der Waals surface area contributed by atoms with Gasteiger partial charge in [0, 0.05) is 17.7 Å². The predicted octanol–water partition coefficient (Wildman–Crippen LogP) is 2.56. The minimum absolute atomic E-state index is 0.0707. The van der Waals surface area contributed by atoms with Crippen molar-refractivity contribution < 1.29 is 9.90 Å². The SMILES string of the molecule is Cc1cc(C#CCCO)cc(NC(=O)C2CCCS2)c1. The van der Waals surface area contributed by atoms with E-state index in [1.54, 1.807) is 11.8 Å². The number of carbonyl (C=O) groups excluding carboxylic acids is 1. The van der Waals surface area contributed by atoms with Gasteiger partial charge in [-0.1, -0.05) is 11.8 Å². The van der Waals surface area contributed by atoms with Gasteiger partial charge in [-0.05, 0) is 49.3 Å². The van der Waals surface area contributed by atoms with Crippen molar-refractivity contribution in [3.05, 3.63) is 29.3 Å². The van der Waals surface area contributed by atoms with Gasteiger partial charge in [0.2, 0.25) is 5.91 Å². The summed E-state index contributed by atoms with van der Waals surface area (Å²) in [6.45, 7) is 2.05. The zero-order valence-corrected chi connectivity index (χ0v) is 12.4. The lowest BCUT2D eigenvalue weighted by Crippen LogP contribution is -2.22. The van der Waals surface area contributed by atoms with Crippen LogP contribution in [0.2, 0.25) is 0 Å². The van der Waals surface area contributed by atoms with Gasteiger partial charge >= 0.3 is 0 Å². The molecule has 0 saturated carbocycles. The van der Waals surface area contributed by atoms with Crippen molar-refractivity contribution in [2.75, 3.05) is 17.7 Å². The van der Waals surface area contributed by atoms with Gasteiger partial charge < -0.3 is 10.4 Å². The fraction of sp³-hybridized carbons (Fsp3) is 0.438. The van der Waals surface area contributed by atoms with E-state index >= 15 is 0 Å². The highest BCUT2D eigenvalue weighted by Gasteiger charge is 2.23. The largest absolute Gasteiger partial charge is 0.395 e. The number of anilines is 1. The van der Waals surface area contributed by atoms with Gasteiger partial charge in [0.1, 0.15) is 0 Å². The monoisotopic (exact) mass is 289 g/mol. The van der Waals surface area contributed by atoms with Gasteiger partial charge in [-0.15, -0.1) is 11.8 Å².